The van der Waals surface area contributed by atoms with E-state index in [9.17, 15) is 0 Å². The van der Waals surface area contributed by atoms with Crippen LogP contribution in [0.25, 0.3) is 10.9 Å². The van der Waals surface area contributed by atoms with E-state index in [4.69, 9.17) is 9.47 Å². The number of hydrogen-bond acceptors (Lipinski definition) is 5. The van der Waals surface area contributed by atoms with Crippen LogP contribution in [-0.4, -0.2) is 29.2 Å². The molecule has 0 N–H and O–H groups in total. The van der Waals surface area contributed by atoms with Gasteiger partial charge in [-0.15, -0.1) is 0 Å². The summed E-state index contributed by atoms with van der Waals surface area (Å²) in [5.74, 6) is 1.80. The van der Waals surface area contributed by atoms with Gasteiger partial charge in [-0.3, -0.25) is 0 Å². The molecule has 18 heavy (non-hydrogen) atoms. The number of nitrogens with zero attached hydrogens (tertiary/aromatic N) is 3. The van der Waals surface area contributed by atoms with E-state index in [1.807, 2.05) is 0 Å². The van der Waals surface area contributed by atoms with Gasteiger partial charge in [0.2, 0.25) is 11.8 Å². The Morgan fingerprint density at radius 3 is 2.33 bits per heavy atom. The molecule has 0 radical (unpaired) electrons. The zero-order valence-corrected chi connectivity index (χ0v) is 11.3. The van der Waals surface area contributed by atoms with Crippen LogP contribution in [0.1, 0.15) is 26.6 Å². The topological polar surface area (TPSA) is 57.1 Å². The summed E-state index contributed by atoms with van der Waals surface area (Å²) < 4.78 is 10.4. The molecule has 0 fully saturated rings. The quantitative estimate of drug-likeness (QED) is 0.815. The van der Waals surface area contributed by atoms with Gasteiger partial charge in [0.25, 0.3) is 0 Å². The second-order valence-corrected chi connectivity index (χ2v) is 5.05. The standard InChI is InChI=1S/C13H17N3O2/c1-13(2,3)12-15-9-7-14-10(17-4)6-8(9)11(16-12)18-5/h6-7H,1-5H3. The van der Waals surface area contributed by atoms with Crippen molar-refractivity contribution in [3.05, 3.63) is 18.1 Å². The van der Waals surface area contributed by atoms with Gasteiger partial charge in [-0.2, -0.15) is 4.98 Å². The number of ether oxygens (including phenoxy) is 2. The second kappa shape index (κ2) is 4.40. The number of aromatic nitrogens is 3. The molecule has 2 heterocycles. The van der Waals surface area contributed by atoms with Crippen LogP contribution < -0.4 is 9.47 Å². The zero-order valence-electron chi connectivity index (χ0n) is 11.3. The molecule has 0 bridgehead atoms. The van der Waals surface area contributed by atoms with Crippen LogP contribution in [-0.2, 0) is 5.41 Å². The van der Waals surface area contributed by atoms with Crippen LogP contribution in [0.3, 0.4) is 0 Å². The van der Waals surface area contributed by atoms with Crippen LogP contribution in [0.5, 0.6) is 11.8 Å². The summed E-state index contributed by atoms with van der Waals surface area (Å²) in [6.07, 6.45) is 1.67. The molecule has 0 saturated heterocycles. The third kappa shape index (κ3) is 2.20. The lowest BCUT2D eigenvalue weighted by molar-refractivity contribution is 0.390. The minimum atomic E-state index is -0.138. The van der Waals surface area contributed by atoms with Crippen molar-refractivity contribution in [3.63, 3.8) is 0 Å². The molecule has 0 atom stereocenters. The Morgan fingerprint density at radius 1 is 1.06 bits per heavy atom. The number of pyridine rings is 1. The zero-order chi connectivity index (χ0) is 13.3. The summed E-state index contributed by atoms with van der Waals surface area (Å²) in [6.45, 7) is 6.18. The molecule has 0 aliphatic carbocycles. The van der Waals surface area contributed by atoms with Crippen molar-refractivity contribution in [2.24, 2.45) is 0 Å². The molecule has 0 aliphatic heterocycles. The highest BCUT2D eigenvalue weighted by molar-refractivity contribution is 5.83. The van der Waals surface area contributed by atoms with Crippen molar-refractivity contribution in [2.75, 3.05) is 14.2 Å². The lowest BCUT2D eigenvalue weighted by atomic mass is 9.95. The lowest BCUT2D eigenvalue weighted by Gasteiger charge is -2.18. The van der Waals surface area contributed by atoms with E-state index in [2.05, 4.69) is 35.7 Å². The van der Waals surface area contributed by atoms with E-state index < -0.39 is 0 Å². The van der Waals surface area contributed by atoms with Crippen LogP contribution in [0, 0.1) is 0 Å². The summed E-state index contributed by atoms with van der Waals surface area (Å²) in [4.78, 5) is 13.1. The van der Waals surface area contributed by atoms with Crippen molar-refractivity contribution >= 4 is 10.9 Å². The van der Waals surface area contributed by atoms with Crippen LogP contribution in [0.15, 0.2) is 12.3 Å². The smallest absolute Gasteiger partial charge is 0.224 e. The Kier molecular flexibility index (Phi) is 3.07. The molecule has 0 aliphatic rings. The largest absolute Gasteiger partial charge is 0.481 e. The molecule has 2 rings (SSSR count). The highest BCUT2D eigenvalue weighted by Gasteiger charge is 2.20. The predicted octanol–water partition coefficient (Wildman–Crippen LogP) is 2.34. The maximum atomic E-state index is 5.33. The minimum Gasteiger partial charge on any atom is -0.481 e. The van der Waals surface area contributed by atoms with Crippen molar-refractivity contribution in [3.8, 4) is 11.8 Å². The number of methoxy groups -OCH3 is 2. The molecule has 96 valence electrons. The maximum Gasteiger partial charge on any atom is 0.224 e. The summed E-state index contributed by atoms with van der Waals surface area (Å²) in [6, 6.07) is 1.78. The van der Waals surface area contributed by atoms with E-state index in [0.29, 0.717) is 11.8 Å². The highest BCUT2D eigenvalue weighted by Crippen LogP contribution is 2.28. The normalized spacial score (nSPS) is 11.6. The van der Waals surface area contributed by atoms with E-state index in [1.54, 1.807) is 26.5 Å². The van der Waals surface area contributed by atoms with Crippen molar-refractivity contribution in [1.82, 2.24) is 15.0 Å². The first kappa shape index (κ1) is 12.5. The van der Waals surface area contributed by atoms with E-state index >= 15 is 0 Å². The van der Waals surface area contributed by atoms with Gasteiger partial charge in [0.05, 0.1) is 31.3 Å². The summed E-state index contributed by atoms with van der Waals surface area (Å²) in [5.41, 5.74) is 0.620. The van der Waals surface area contributed by atoms with Gasteiger partial charge in [0.1, 0.15) is 5.82 Å². The van der Waals surface area contributed by atoms with Gasteiger partial charge in [0.15, 0.2) is 0 Å². The Hall–Kier alpha value is -1.91. The molecule has 5 nitrogen and oxygen atoms in total. The van der Waals surface area contributed by atoms with E-state index in [-0.39, 0.29) is 5.41 Å². The maximum absolute atomic E-state index is 5.33. The summed E-state index contributed by atoms with van der Waals surface area (Å²) >= 11 is 0. The lowest BCUT2D eigenvalue weighted by Crippen LogP contribution is -2.16. The SMILES string of the molecule is COc1cc2c(OC)nc(C(C)(C)C)nc2cn1. The minimum absolute atomic E-state index is 0.138. The molecule has 2 aromatic rings. The number of hydrogen-bond donors (Lipinski definition) is 0. The summed E-state index contributed by atoms with van der Waals surface area (Å²) in [5, 5.41) is 0.803. The molecule has 0 aromatic carbocycles. The fourth-order valence-corrected chi connectivity index (χ4v) is 1.59. The van der Waals surface area contributed by atoms with Crippen LogP contribution >= 0.6 is 0 Å². The van der Waals surface area contributed by atoms with Gasteiger partial charge < -0.3 is 9.47 Å². The fraction of sp³-hybridized carbons (Fsp3) is 0.462. The van der Waals surface area contributed by atoms with Gasteiger partial charge in [-0.05, 0) is 0 Å². The molecular formula is C13H17N3O2. The monoisotopic (exact) mass is 247 g/mol. The Balaban J connectivity index is 2.71. The second-order valence-electron chi connectivity index (χ2n) is 5.05. The molecule has 0 unspecified atom stereocenters. The van der Waals surface area contributed by atoms with Gasteiger partial charge in [-0.25, -0.2) is 9.97 Å². The van der Waals surface area contributed by atoms with Crippen molar-refractivity contribution in [2.45, 2.75) is 26.2 Å². The van der Waals surface area contributed by atoms with Gasteiger partial charge in [0, 0.05) is 11.5 Å². The van der Waals surface area contributed by atoms with Crippen LogP contribution in [0.4, 0.5) is 0 Å². The first-order valence-electron chi connectivity index (χ1n) is 5.72. The van der Waals surface area contributed by atoms with Gasteiger partial charge >= 0.3 is 0 Å². The van der Waals surface area contributed by atoms with E-state index in [0.717, 1.165) is 16.7 Å². The third-order valence-electron chi connectivity index (χ3n) is 2.60. The number of rotatable bonds is 2. The first-order chi connectivity index (χ1) is 8.45. The molecule has 0 spiro atoms. The Labute approximate surface area is 106 Å². The molecule has 5 heteroatoms. The summed E-state index contributed by atoms with van der Waals surface area (Å²) in [7, 11) is 3.17. The van der Waals surface area contributed by atoms with Crippen LogP contribution in [0.2, 0.25) is 0 Å². The Morgan fingerprint density at radius 2 is 1.78 bits per heavy atom. The fourth-order valence-electron chi connectivity index (χ4n) is 1.59. The first-order valence-corrected chi connectivity index (χ1v) is 5.72. The highest BCUT2D eigenvalue weighted by atomic mass is 16.5. The molecule has 2 aromatic heterocycles. The molecule has 0 amide bonds. The number of fused-ring (bicyclic) bond motifs is 1. The average molecular weight is 247 g/mol. The van der Waals surface area contributed by atoms with Crippen molar-refractivity contribution < 1.29 is 9.47 Å². The third-order valence-corrected chi connectivity index (χ3v) is 2.60. The van der Waals surface area contributed by atoms with Gasteiger partial charge in [-0.1, -0.05) is 20.8 Å². The molecule has 0 saturated carbocycles. The predicted molar refractivity (Wildman–Crippen MR) is 69.1 cm³/mol. The molecular weight excluding hydrogens is 230 g/mol. The van der Waals surface area contributed by atoms with E-state index in [1.165, 1.54) is 0 Å². The Bertz CT molecular complexity index is 576. The van der Waals surface area contributed by atoms with Crippen molar-refractivity contribution in [1.29, 1.82) is 0 Å². The average Bonchev–Trinajstić information content (AvgIpc) is 2.35.